The summed E-state index contributed by atoms with van der Waals surface area (Å²) in [5.74, 6) is 0.914. The van der Waals surface area contributed by atoms with Gasteiger partial charge in [0.25, 0.3) is 0 Å². The molecule has 1 aromatic rings. The molecule has 0 fully saturated rings. The zero-order valence-corrected chi connectivity index (χ0v) is 14.1. The van der Waals surface area contributed by atoms with E-state index in [9.17, 15) is 0 Å². The van der Waals surface area contributed by atoms with Gasteiger partial charge in [0, 0.05) is 10.0 Å². The predicted octanol–water partition coefficient (Wildman–Crippen LogP) is 4.72. The first kappa shape index (κ1) is 14.6. The zero-order chi connectivity index (χ0) is 13.4. The van der Waals surface area contributed by atoms with E-state index >= 15 is 0 Å². The van der Waals surface area contributed by atoms with Crippen molar-refractivity contribution in [1.29, 1.82) is 0 Å². The number of nitrogen functional groups attached to an aromatic ring is 1. The minimum atomic E-state index is -1.79. The summed E-state index contributed by atoms with van der Waals surface area (Å²) in [5, 5.41) is 0.196. The number of rotatable bonds is 2. The highest BCUT2D eigenvalue weighted by Crippen LogP contribution is 2.39. The van der Waals surface area contributed by atoms with Crippen LogP contribution in [0.3, 0.4) is 0 Å². The summed E-state index contributed by atoms with van der Waals surface area (Å²) in [6, 6.07) is 3.95. The van der Waals surface area contributed by atoms with Crippen LogP contribution in [-0.4, -0.2) is 8.32 Å². The predicted molar refractivity (Wildman–Crippen MR) is 81.1 cm³/mol. The quantitative estimate of drug-likeness (QED) is 0.633. The normalized spacial score (nSPS) is 12.6. The van der Waals surface area contributed by atoms with Crippen LogP contribution in [-0.2, 0) is 0 Å². The highest BCUT2D eigenvalue weighted by atomic mass is 79.9. The van der Waals surface area contributed by atoms with E-state index in [2.05, 4.69) is 49.8 Å². The van der Waals surface area contributed by atoms with E-state index in [1.54, 1.807) is 0 Å². The summed E-state index contributed by atoms with van der Waals surface area (Å²) >= 11 is 3.43. The van der Waals surface area contributed by atoms with Gasteiger partial charge in [-0.25, -0.2) is 0 Å². The second kappa shape index (κ2) is 4.65. The van der Waals surface area contributed by atoms with E-state index in [1.807, 2.05) is 19.1 Å². The standard InChI is InChI=1S/C13H22BrNOSi/c1-9-11(8-7-10(14)12(9)15)16-17(5,6)13(2,3)4/h7-8H,15H2,1-6H3. The van der Waals surface area contributed by atoms with E-state index in [1.165, 1.54) is 0 Å². The molecular weight excluding hydrogens is 294 g/mol. The van der Waals surface area contributed by atoms with E-state index in [0.717, 1.165) is 21.5 Å². The number of benzene rings is 1. The Labute approximate surface area is 114 Å². The van der Waals surface area contributed by atoms with Crippen molar-refractivity contribution in [2.45, 2.75) is 45.8 Å². The Balaban J connectivity index is 3.09. The number of hydrogen-bond acceptors (Lipinski definition) is 2. The Morgan fingerprint density at radius 1 is 1.24 bits per heavy atom. The third kappa shape index (κ3) is 3.04. The fourth-order valence-electron chi connectivity index (χ4n) is 1.21. The highest BCUT2D eigenvalue weighted by molar-refractivity contribution is 9.10. The van der Waals surface area contributed by atoms with Crippen LogP contribution < -0.4 is 10.2 Å². The lowest BCUT2D eigenvalue weighted by atomic mass is 10.2. The first-order chi connectivity index (χ1) is 7.56. The molecule has 0 aliphatic rings. The molecule has 0 aliphatic carbocycles. The fraction of sp³-hybridized carbons (Fsp3) is 0.538. The van der Waals surface area contributed by atoms with Gasteiger partial charge in [-0.1, -0.05) is 20.8 Å². The van der Waals surface area contributed by atoms with Crippen LogP contribution in [0, 0.1) is 6.92 Å². The monoisotopic (exact) mass is 315 g/mol. The molecular formula is C13H22BrNOSi. The van der Waals surface area contributed by atoms with Crippen LogP contribution in [0.25, 0.3) is 0 Å². The largest absolute Gasteiger partial charge is 0.543 e. The van der Waals surface area contributed by atoms with Gasteiger partial charge in [-0.2, -0.15) is 0 Å². The van der Waals surface area contributed by atoms with Gasteiger partial charge >= 0.3 is 0 Å². The molecule has 0 saturated carbocycles. The van der Waals surface area contributed by atoms with Gasteiger partial charge in [-0.3, -0.25) is 0 Å². The van der Waals surface area contributed by atoms with Crippen molar-refractivity contribution in [2.75, 3.05) is 5.73 Å². The molecule has 2 nitrogen and oxygen atoms in total. The average molecular weight is 316 g/mol. The van der Waals surface area contributed by atoms with Crippen LogP contribution in [0.5, 0.6) is 5.75 Å². The van der Waals surface area contributed by atoms with Crippen LogP contribution in [0.1, 0.15) is 26.3 Å². The molecule has 0 atom stereocenters. The number of hydrogen-bond donors (Lipinski definition) is 1. The van der Waals surface area contributed by atoms with Crippen LogP contribution in [0.2, 0.25) is 18.1 Å². The number of halogens is 1. The van der Waals surface area contributed by atoms with Crippen molar-refractivity contribution in [3.8, 4) is 5.75 Å². The second-order valence-electron chi connectivity index (χ2n) is 5.95. The van der Waals surface area contributed by atoms with Gasteiger partial charge in [-0.05, 0) is 53.1 Å². The maximum absolute atomic E-state index is 6.27. The lowest BCUT2D eigenvalue weighted by Crippen LogP contribution is -2.44. The van der Waals surface area contributed by atoms with Crippen molar-refractivity contribution in [3.05, 3.63) is 22.2 Å². The molecule has 2 N–H and O–H groups in total. The Kier molecular flexibility index (Phi) is 3.99. The Morgan fingerprint density at radius 2 is 1.76 bits per heavy atom. The molecule has 0 spiro atoms. The zero-order valence-electron chi connectivity index (χ0n) is 11.5. The Morgan fingerprint density at radius 3 is 2.24 bits per heavy atom. The van der Waals surface area contributed by atoms with Gasteiger partial charge < -0.3 is 10.2 Å². The first-order valence-corrected chi connectivity index (χ1v) is 9.50. The summed E-state index contributed by atoms with van der Waals surface area (Å²) in [5.41, 5.74) is 7.78. The molecule has 0 saturated heterocycles. The lowest BCUT2D eigenvalue weighted by molar-refractivity contribution is 0.489. The molecule has 1 rings (SSSR count). The summed E-state index contributed by atoms with van der Waals surface area (Å²) in [4.78, 5) is 0. The van der Waals surface area contributed by atoms with Gasteiger partial charge in [0.1, 0.15) is 5.75 Å². The van der Waals surface area contributed by atoms with Crippen molar-refractivity contribution >= 4 is 29.9 Å². The van der Waals surface area contributed by atoms with Gasteiger partial charge in [0.05, 0.1) is 5.69 Å². The fourth-order valence-corrected chi connectivity index (χ4v) is 2.72. The molecule has 0 heterocycles. The van der Waals surface area contributed by atoms with E-state index in [0.29, 0.717) is 0 Å². The molecule has 17 heavy (non-hydrogen) atoms. The molecule has 0 aliphatic heterocycles. The molecule has 1 aromatic carbocycles. The SMILES string of the molecule is Cc1c(O[Si](C)(C)C(C)(C)C)ccc(Br)c1N. The van der Waals surface area contributed by atoms with Crippen LogP contribution in [0.15, 0.2) is 16.6 Å². The smallest absolute Gasteiger partial charge is 0.250 e. The molecule has 0 unspecified atom stereocenters. The molecule has 4 heteroatoms. The first-order valence-electron chi connectivity index (χ1n) is 5.80. The van der Waals surface area contributed by atoms with Gasteiger partial charge in [-0.15, -0.1) is 0 Å². The summed E-state index contributed by atoms with van der Waals surface area (Å²) in [6.45, 7) is 13.2. The summed E-state index contributed by atoms with van der Waals surface area (Å²) in [6.07, 6.45) is 0. The number of anilines is 1. The van der Waals surface area contributed by atoms with Gasteiger partial charge in [0.2, 0.25) is 8.32 Å². The van der Waals surface area contributed by atoms with Crippen molar-refractivity contribution in [2.24, 2.45) is 0 Å². The lowest BCUT2D eigenvalue weighted by Gasteiger charge is -2.37. The van der Waals surface area contributed by atoms with Crippen molar-refractivity contribution < 1.29 is 4.43 Å². The van der Waals surface area contributed by atoms with Crippen LogP contribution >= 0.6 is 15.9 Å². The van der Waals surface area contributed by atoms with E-state index in [-0.39, 0.29) is 5.04 Å². The molecule has 0 amide bonds. The number of nitrogens with two attached hydrogens (primary N) is 1. The molecule has 0 aromatic heterocycles. The maximum Gasteiger partial charge on any atom is 0.250 e. The van der Waals surface area contributed by atoms with Crippen molar-refractivity contribution in [1.82, 2.24) is 0 Å². The van der Waals surface area contributed by atoms with E-state index < -0.39 is 8.32 Å². The highest BCUT2D eigenvalue weighted by Gasteiger charge is 2.39. The summed E-state index contributed by atoms with van der Waals surface area (Å²) < 4.78 is 7.20. The Bertz CT molecular complexity index is 424. The summed E-state index contributed by atoms with van der Waals surface area (Å²) in [7, 11) is -1.79. The molecule has 0 radical (unpaired) electrons. The maximum atomic E-state index is 6.27. The molecule has 0 bridgehead atoms. The van der Waals surface area contributed by atoms with Crippen molar-refractivity contribution in [3.63, 3.8) is 0 Å². The minimum Gasteiger partial charge on any atom is -0.543 e. The van der Waals surface area contributed by atoms with Crippen LogP contribution in [0.4, 0.5) is 5.69 Å². The van der Waals surface area contributed by atoms with E-state index in [4.69, 9.17) is 10.2 Å². The Hall–Kier alpha value is -0.483. The average Bonchev–Trinajstić information content (AvgIpc) is 2.17. The second-order valence-corrected chi connectivity index (χ2v) is 11.5. The third-order valence-electron chi connectivity index (χ3n) is 3.58. The topological polar surface area (TPSA) is 35.2 Å². The minimum absolute atomic E-state index is 0.196. The third-order valence-corrected chi connectivity index (χ3v) is 8.62. The molecule has 96 valence electrons. The van der Waals surface area contributed by atoms with Gasteiger partial charge in [0.15, 0.2) is 0 Å².